The van der Waals surface area contributed by atoms with Crippen LogP contribution in [0.2, 0.25) is 0 Å². The van der Waals surface area contributed by atoms with Crippen molar-refractivity contribution in [2.24, 2.45) is 5.92 Å². The molecule has 0 bridgehead atoms. The molecule has 0 aliphatic heterocycles. The van der Waals surface area contributed by atoms with Crippen molar-refractivity contribution < 1.29 is 9.18 Å². The first-order chi connectivity index (χ1) is 10.5. The minimum absolute atomic E-state index is 0.0303. The summed E-state index contributed by atoms with van der Waals surface area (Å²) in [6.07, 6.45) is 2.42. The molecule has 1 fully saturated rings. The number of thiazole rings is 1. The number of nitrogens with zero attached hydrogens (tertiary/aromatic N) is 2. The largest absolute Gasteiger partial charge is 0.338 e. The van der Waals surface area contributed by atoms with Crippen molar-refractivity contribution in [2.75, 3.05) is 7.05 Å². The number of hydrogen-bond acceptors (Lipinski definition) is 3. The molecular formula is C17H19FN2OS. The Bertz CT molecular complexity index is 691. The van der Waals surface area contributed by atoms with Gasteiger partial charge in [-0.05, 0) is 56.9 Å². The lowest BCUT2D eigenvalue weighted by molar-refractivity contribution is 0.0731. The third-order valence-corrected chi connectivity index (χ3v) is 5.51. The van der Waals surface area contributed by atoms with E-state index in [1.54, 1.807) is 12.1 Å². The fourth-order valence-corrected chi connectivity index (χ4v) is 3.61. The maximum atomic E-state index is 13.0. The summed E-state index contributed by atoms with van der Waals surface area (Å²) < 4.78 is 13.0. The third kappa shape index (κ3) is 2.90. The molecule has 116 valence electrons. The SMILES string of the molecule is Cc1nc(-c2ccc(F)cc2)sc1C(=O)N(C)C(C)C1CC1. The Morgan fingerprint density at radius 1 is 1.36 bits per heavy atom. The topological polar surface area (TPSA) is 33.2 Å². The summed E-state index contributed by atoms with van der Waals surface area (Å²) >= 11 is 1.38. The quantitative estimate of drug-likeness (QED) is 0.849. The summed E-state index contributed by atoms with van der Waals surface area (Å²) in [5.41, 5.74) is 1.58. The highest BCUT2D eigenvalue weighted by Gasteiger charge is 2.33. The first kappa shape index (κ1) is 15.2. The van der Waals surface area contributed by atoms with Gasteiger partial charge in [0, 0.05) is 18.7 Å². The van der Waals surface area contributed by atoms with Gasteiger partial charge in [-0.2, -0.15) is 0 Å². The van der Waals surface area contributed by atoms with Crippen LogP contribution in [0.1, 0.15) is 35.1 Å². The van der Waals surface area contributed by atoms with Gasteiger partial charge in [-0.25, -0.2) is 9.37 Å². The molecule has 1 heterocycles. The van der Waals surface area contributed by atoms with Gasteiger partial charge in [0.1, 0.15) is 15.7 Å². The molecule has 1 saturated carbocycles. The first-order valence-corrected chi connectivity index (χ1v) is 8.29. The van der Waals surface area contributed by atoms with Crippen molar-refractivity contribution in [3.8, 4) is 10.6 Å². The second-order valence-electron chi connectivity index (χ2n) is 5.93. The van der Waals surface area contributed by atoms with Crippen LogP contribution in [0.4, 0.5) is 4.39 Å². The molecule has 3 rings (SSSR count). The zero-order valence-corrected chi connectivity index (χ0v) is 13.8. The molecule has 1 aliphatic rings. The van der Waals surface area contributed by atoms with Gasteiger partial charge in [0.25, 0.3) is 5.91 Å². The molecular weight excluding hydrogens is 299 g/mol. The van der Waals surface area contributed by atoms with Gasteiger partial charge in [0.05, 0.1) is 5.69 Å². The van der Waals surface area contributed by atoms with E-state index in [2.05, 4.69) is 11.9 Å². The van der Waals surface area contributed by atoms with E-state index in [1.165, 1.54) is 36.3 Å². The van der Waals surface area contributed by atoms with Crippen LogP contribution in [0.3, 0.4) is 0 Å². The van der Waals surface area contributed by atoms with E-state index in [0.717, 1.165) is 16.3 Å². The van der Waals surface area contributed by atoms with E-state index < -0.39 is 0 Å². The van der Waals surface area contributed by atoms with Gasteiger partial charge < -0.3 is 4.90 Å². The lowest BCUT2D eigenvalue weighted by Crippen LogP contribution is -2.36. The van der Waals surface area contributed by atoms with Crippen molar-refractivity contribution in [3.63, 3.8) is 0 Å². The summed E-state index contributed by atoms with van der Waals surface area (Å²) in [5.74, 6) is 0.396. The van der Waals surface area contributed by atoms with Crippen molar-refractivity contribution in [1.29, 1.82) is 0 Å². The predicted molar refractivity (Wildman–Crippen MR) is 86.5 cm³/mol. The van der Waals surface area contributed by atoms with Gasteiger partial charge in [0.2, 0.25) is 0 Å². The van der Waals surface area contributed by atoms with Crippen molar-refractivity contribution >= 4 is 17.2 Å². The Kier molecular flexibility index (Phi) is 4.00. The van der Waals surface area contributed by atoms with Crippen LogP contribution in [-0.4, -0.2) is 28.9 Å². The molecule has 1 unspecified atom stereocenters. The minimum atomic E-state index is -0.272. The van der Waals surface area contributed by atoms with E-state index in [1.807, 2.05) is 18.9 Å². The predicted octanol–water partition coefficient (Wildman–Crippen LogP) is 4.13. The monoisotopic (exact) mass is 318 g/mol. The third-order valence-electron chi connectivity index (χ3n) is 4.32. The van der Waals surface area contributed by atoms with Gasteiger partial charge in [-0.15, -0.1) is 11.3 Å². The Hall–Kier alpha value is -1.75. The number of amides is 1. The number of aryl methyl sites for hydroxylation is 1. The van der Waals surface area contributed by atoms with E-state index in [9.17, 15) is 9.18 Å². The fourth-order valence-electron chi connectivity index (χ4n) is 2.55. The number of hydrogen-bond donors (Lipinski definition) is 0. The molecule has 1 aliphatic carbocycles. The number of halogens is 1. The summed E-state index contributed by atoms with van der Waals surface area (Å²) in [6, 6.07) is 6.48. The molecule has 2 aromatic rings. The van der Waals surface area contributed by atoms with Gasteiger partial charge in [-0.3, -0.25) is 4.79 Å². The first-order valence-electron chi connectivity index (χ1n) is 7.48. The molecule has 0 N–H and O–H groups in total. The van der Waals surface area contributed by atoms with Crippen LogP contribution in [0.5, 0.6) is 0 Å². The molecule has 3 nitrogen and oxygen atoms in total. The van der Waals surface area contributed by atoms with Crippen LogP contribution in [-0.2, 0) is 0 Å². The van der Waals surface area contributed by atoms with Crippen LogP contribution in [0.25, 0.3) is 10.6 Å². The number of aromatic nitrogens is 1. The molecule has 0 radical (unpaired) electrons. The molecule has 1 amide bonds. The van der Waals surface area contributed by atoms with E-state index in [-0.39, 0.29) is 17.8 Å². The molecule has 1 atom stereocenters. The smallest absolute Gasteiger partial charge is 0.265 e. The van der Waals surface area contributed by atoms with E-state index in [4.69, 9.17) is 0 Å². The Labute approximate surface area is 133 Å². The highest BCUT2D eigenvalue weighted by atomic mass is 32.1. The lowest BCUT2D eigenvalue weighted by atomic mass is 10.2. The van der Waals surface area contributed by atoms with Crippen LogP contribution >= 0.6 is 11.3 Å². The summed E-state index contributed by atoms with van der Waals surface area (Å²) in [4.78, 5) is 19.7. The number of benzene rings is 1. The molecule has 0 spiro atoms. The molecule has 1 aromatic heterocycles. The Morgan fingerprint density at radius 3 is 2.59 bits per heavy atom. The van der Waals surface area contributed by atoms with Gasteiger partial charge in [-0.1, -0.05) is 0 Å². The Balaban J connectivity index is 1.85. The summed E-state index contributed by atoms with van der Waals surface area (Å²) in [7, 11) is 1.86. The van der Waals surface area contributed by atoms with Crippen molar-refractivity contribution in [3.05, 3.63) is 40.7 Å². The van der Waals surface area contributed by atoms with Crippen LogP contribution in [0.15, 0.2) is 24.3 Å². The average molecular weight is 318 g/mol. The van der Waals surface area contributed by atoms with Crippen molar-refractivity contribution in [1.82, 2.24) is 9.88 Å². The Morgan fingerprint density at radius 2 is 2.00 bits per heavy atom. The zero-order chi connectivity index (χ0) is 15.9. The normalized spacial score (nSPS) is 15.6. The van der Waals surface area contributed by atoms with Gasteiger partial charge >= 0.3 is 0 Å². The number of rotatable bonds is 4. The summed E-state index contributed by atoms with van der Waals surface area (Å²) in [5, 5.41) is 0.758. The zero-order valence-electron chi connectivity index (χ0n) is 13.0. The molecule has 0 saturated heterocycles. The highest BCUT2D eigenvalue weighted by molar-refractivity contribution is 7.17. The second-order valence-corrected chi connectivity index (χ2v) is 6.93. The van der Waals surface area contributed by atoms with E-state index in [0.29, 0.717) is 10.8 Å². The number of carbonyl (C=O) groups is 1. The van der Waals surface area contributed by atoms with E-state index >= 15 is 0 Å². The molecule has 22 heavy (non-hydrogen) atoms. The standard InChI is InChI=1S/C17H19FN2OS/c1-10-15(17(21)20(3)11(2)12-4-5-12)22-16(19-10)13-6-8-14(18)9-7-13/h6-9,11-12H,4-5H2,1-3H3. The lowest BCUT2D eigenvalue weighted by Gasteiger charge is -2.24. The second kappa shape index (κ2) is 5.80. The van der Waals surface area contributed by atoms with Gasteiger partial charge in [0.15, 0.2) is 0 Å². The summed E-state index contributed by atoms with van der Waals surface area (Å²) in [6.45, 7) is 3.96. The number of carbonyl (C=O) groups excluding carboxylic acids is 1. The maximum absolute atomic E-state index is 13.0. The minimum Gasteiger partial charge on any atom is -0.338 e. The fraction of sp³-hybridized carbons (Fsp3) is 0.412. The maximum Gasteiger partial charge on any atom is 0.265 e. The molecule has 5 heteroatoms. The van der Waals surface area contributed by atoms with Crippen molar-refractivity contribution in [2.45, 2.75) is 32.7 Å². The average Bonchev–Trinajstić information content (AvgIpc) is 3.28. The van der Waals surface area contributed by atoms with Crippen LogP contribution < -0.4 is 0 Å². The van der Waals surface area contributed by atoms with Crippen LogP contribution in [0, 0.1) is 18.7 Å². The highest BCUT2D eigenvalue weighted by Crippen LogP contribution is 2.36. The molecule has 1 aromatic carbocycles.